The summed E-state index contributed by atoms with van der Waals surface area (Å²) < 4.78 is 29.7. The number of fused-ring (bicyclic) bond motifs is 1. The van der Waals surface area contributed by atoms with Gasteiger partial charge in [-0.2, -0.15) is 0 Å². The minimum Gasteiger partial charge on any atom is -0.454 e. The highest BCUT2D eigenvalue weighted by molar-refractivity contribution is 5.99. The summed E-state index contributed by atoms with van der Waals surface area (Å²) in [5.41, 5.74) is 0.172. The number of ether oxygens (including phenoxy) is 3. The third kappa shape index (κ3) is 2.88. The number of carbonyl (C=O) groups excluding carboxylic acids is 2. The van der Waals surface area contributed by atoms with E-state index >= 15 is 0 Å². The molecule has 25 heavy (non-hydrogen) atoms. The van der Waals surface area contributed by atoms with E-state index in [1.807, 2.05) is 0 Å². The number of rotatable bonds is 3. The molecule has 2 heterocycles. The number of amides is 1. The molecular formula is C18H14FNO5. The van der Waals surface area contributed by atoms with Crippen LogP contribution in [0.1, 0.15) is 6.42 Å². The molecule has 0 aliphatic carbocycles. The topological polar surface area (TPSA) is 65.1 Å². The molecule has 1 fully saturated rings. The Kier molecular flexibility index (Phi) is 3.76. The van der Waals surface area contributed by atoms with Gasteiger partial charge in [0, 0.05) is 19.0 Å². The van der Waals surface area contributed by atoms with Crippen LogP contribution in [0, 0.1) is 11.7 Å². The highest BCUT2D eigenvalue weighted by Crippen LogP contribution is 2.35. The molecule has 0 spiro atoms. The van der Waals surface area contributed by atoms with Crippen LogP contribution >= 0.6 is 0 Å². The quantitative estimate of drug-likeness (QED) is 0.633. The summed E-state index contributed by atoms with van der Waals surface area (Å²) in [7, 11) is 0. The molecule has 1 amide bonds. The second kappa shape index (κ2) is 6.08. The van der Waals surface area contributed by atoms with Crippen molar-refractivity contribution in [3.8, 4) is 17.2 Å². The maximum atomic E-state index is 13.9. The molecule has 0 radical (unpaired) electrons. The normalized spacial score (nSPS) is 18.5. The highest BCUT2D eigenvalue weighted by atomic mass is 19.1. The van der Waals surface area contributed by atoms with Gasteiger partial charge < -0.3 is 19.1 Å². The van der Waals surface area contributed by atoms with Crippen molar-refractivity contribution in [2.75, 3.05) is 18.2 Å². The van der Waals surface area contributed by atoms with Gasteiger partial charge in [0.25, 0.3) is 0 Å². The van der Waals surface area contributed by atoms with E-state index in [0.717, 1.165) is 0 Å². The Balaban J connectivity index is 1.47. The Morgan fingerprint density at radius 3 is 2.80 bits per heavy atom. The first-order valence-electron chi connectivity index (χ1n) is 7.78. The van der Waals surface area contributed by atoms with Crippen LogP contribution in [0.25, 0.3) is 0 Å². The summed E-state index contributed by atoms with van der Waals surface area (Å²) in [5.74, 6) is -0.602. The Labute approximate surface area is 142 Å². The lowest BCUT2D eigenvalue weighted by Crippen LogP contribution is -2.28. The van der Waals surface area contributed by atoms with E-state index < -0.39 is 17.7 Å². The maximum absolute atomic E-state index is 13.9. The van der Waals surface area contributed by atoms with E-state index in [-0.39, 0.29) is 31.4 Å². The average Bonchev–Trinajstić information content (AvgIpc) is 3.21. The van der Waals surface area contributed by atoms with Crippen molar-refractivity contribution in [1.82, 2.24) is 0 Å². The second-order valence-corrected chi connectivity index (χ2v) is 5.79. The van der Waals surface area contributed by atoms with Crippen molar-refractivity contribution in [3.63, 3.8) is 0 Å². The third-order valence-corrected chi connectivity index (χ3v) is 4.16. The molecule has 2 aliphatic heterocycles. The first-order chi connectivity index (χ1) is 12.1. The van der Waals surface area contributed by atoms with Crippen LogP contribution < -0.4 is 19.1 Å². The van der Waals surface area contributed by atoms with Crippen molar-refractivity contribution in [2.24, 2.45) is 5.92 Å². The van der Waals surface area contributed by atoms with Gasteiger partial charge in [0.2, 0.25) is 12.7 Å². The Bertz CT molecular complexity index is 853. The monoisotopic (exact) mass is 343 g/mol. The Morgan fingerprint density at radius 2 is 1.96 bits per heavy atom. The molecule has 0 bridgehead atoms. The van der Waals surface area contributed by atoms with Gasteiger partial charge in [-0.05, 0) is 24.3 Å². The molecule has 0 N–H and O–H groups in total. The molecule has 2 aliphatic rings. The minimum absolute atomic E-state index is 0.0162. The van der Waals surface area contributed by atoms with Gasteiger partial charge in [-0.15, -0.1) is 0 Å². The van der Waals surface area contributed by atoms with E-state index in [9.17, 15) is 14.0 Å². The van der Waals surface area contributed by atoms with Crippen LogP contribution in [-0.2, 0) is 9.59 Å². The van der Waals surface area contributed by atoms with Gasteiger partial charge in [-0.25, -0.2) is 4.39 Å². The molecule has 0 aromatic heterocycles. The third-order valence-electron chi connectivity index (χ3n) is 4.16. The largest absolute Gasteiger partial charge is 0.454 e. The standard InChI is InChI=1S/C18H14FNO5/c19-13-3-1-2-4-14(13)20-9-11(7-17(20)21)18(22)25-12-5-6-15-16(8-12)24-10-23-15/h1-6,8,11H,7,9-10H2/t11-/m1/s1. The van der Waals surface area contributed by atoms with Gasteiger partial charge >= 0.3 is 5.97 Å². The number of anilines is 1. The lowest BCUT2D eigenvalue weighted by atomic mass is 10.1. The molecule has 0 unspecified atom stereocenters. The second-order valence-electron chi connectivity index (χ2n) is 5.79. The van der Waals surface area contributed by atoms with Crippen molar-refractivity contribution < 1.29 is 28.2 Å². The zero-order valence-corrected chi connectivity index (χ0v) is 13.1. The number of halogens is 1. The molecule has 128 valence electrons. The molecule has 1 saturated heterocycles. The summed E-state index contributed by atoms with van der Waals surface area (Å²) in [4.78, 5) is 25.8. The summed E-state index contributed by atoms with van der Waals surface area (Å²) in [6, 6.07) is 10.8. The number of nitrogens with zero attached hydrogens (tertiary/aromatic N) is 1. The summed E-state index contributed by atoms with van der Waals surface area (Å²) in [6.45, 7) is 0.213. The SMILES string of the molecule is O=C(Oc1ccc2c(c1)OCO2)[C@@H]1CC(=O)N(c2ccccc2F)C1. The van der Waals surface area contributed by atoms with Gasteiger partial charge in [-0.3, -0.25) is 9.59 Å². The number of hydrogen-bond acceptors (Lipinski definition) is 5. The van der Waals surface area contributed by atoms with Crippen LogP contribution in [-0.4, -0.2) is 25.2 Å². The van der Waals surface area contributed by atoms with Gasteiger partial charge in [0.1, 0.15) is 11.6 Å². The van der Waals surface area contributed by atoms with E-state index in [1.165, 1.54) is 17.0 Å². The fourth-order valence-electron chi connectivity index (χ4n) is 2.91. The van der Waals surface area contributed by atoms with Crippen LogP contribution in [0.4, 0.5) is 10.1 Å². The number of esters is 1. The van der Waals surface area contributed by atoms with E-state index in [4.69, 9.17) is 14.2 Å². The van der Waals surface area contributed by atoms with Gasteiger partial charge in [0.05, 0.1) is 11.6 Å². The molecule has 0 saturated carbocycles. The smallest absolute Gasteiger partial charge is 0.316 e. The average molecular weight is 343 g/mol. The summed E-state index contributed by atoms with van der Waals surface area (Å²) >= 11 is 0. The minimum atomic E-state index is -0.655. The molecular weight excluding hydrogens is 329 g/mol. The van der Waals surface area contributed by atoms with Crippen molar-refractivity contribution in [1.29, 1.82) is 0 Å². The predicted octanol–water partition coefficient (Wildman–Crippen LogP) is 2.51. The van der Waals surface area contributed by atoms with Crippen molar-refractivity contribution in [2.45, 2.75) is 6.42 Å². The molecule has 2 aromatic carbocycles. The van der Waals surface area contributed by atoms with Crippen LogP contribution in [0.15, 0.2) is 42.5 Å². The van der Waals surface area contributed by atoms with E-state index in [2.05, 4.69) is 0 Å². The summed E-state index contributed by atoms with van der Waals surface area (Å²) in [6.07, 6.45) is -0.0162. The molecule has 1 atom stereocenters. The number of para-hydroxylation sites is 1. The van der Waals surface area contributed by atoms with Crippen molar-refractivity contribution >= 4 is 17.6 Å². The zero-order valence-electron chi connectivity index (χ0n) is 13.1. The van der Waals surface area contributed by atoms with E-state index in [1.54, 1.807) is 30.3 Å². The maximum Gasteiger partial charge on any atom is 0.316 e. The molecule has 7 heteroatoms. The Hall–Kier alpha value is -3.09. The zero-order chi connectivity index (χ0) is 17.4. The van der Waals surface area contributed by atoms with Crippen LogP contribution in [0.2, 0.25) is 0 Å². The number of hydrogen-bond donors (Lipinski definition) is 0. The molecule has 6 nitrogen and oxygen atoms in total. The van der Waals surface area contributed by atoms with Crippen LogP contribution in [0.5, 0.6) is 17.2 Å². The fraction of sp³-hybridized carbons (Fsp3) is 0.222. The van der Waals surface area contributed by atoms with Crippen LogP contribution in [0.3, 0.4) is 0 Å². The lowest BCUT2D eigenvalue weighted by molar-refractivity contribution is -0.139. The molecule has 2 aromatic rings. The number of benzene rings is 2. The highest BCUT2D eigenvalue weighted by Gasteiger charge is 2.37. The number of carbonyl (C=O) groups is 2. The summed E-state index contributed by atoms with van der Waals surface area (Å²) in [5, 5.41) is 0. The van der Waals surface area contributed by atoms with Gasteiger partial charge in [0.15, 0.2) is 11.5 Å². The Morgan fingerprint density at radius 1 is 1.16 bits per heavy atom. The lowest BCUT2D eigenvalue weighted by Gasteiger charge is -2.17. The first kappa shape index (κ1) is 15.4. The van der Waals surface area contributed by atoms with Gasteiger partial charge in [-0.1, -0.05) is 12.1 Å². The molecule has 4 rings (SSSR count). The van der Waals surface area contributed by atoms with E-state index in [0.29, 0.717) is 17.2 Å². The predicted molar refractivity (Wildman–Crippen MR) is 85.1 cm³/mol. The van der Waals surface area contributed by atoms with Crippen molar-refractivity contribution in [3.05, 3.63) is 48.3 Å². The first-order valence-corrected chi connectivity index (χ1v) is 7.78. The fourth-order valence-corrected chi connectivity index (χ4v) is 2.91.